The number of halogens is 2. The lowest BCUT2D eigenvalue weighted by Gasteiger charge is -1.95. The summed E-state index contributed by atoms with van der Waals surface area (Å²) in [6.45, 7) is -0.250. The van der Waals surface area contributed by atoms with Gasteiger partial charge < -0.3 is 10.8 Å². The van der Waals surface area contributed by atoms with Gasteiger partial charge in [-0.2, -0.15) is 0 Å². The highest BCUT2D eigenvalue weighted by atomic mass is 35.5. The maximum Gasteiger partial charge on any atom is 0.290 e. The van der Waals surface area contributed by atoms with Gasteiger partial charge in [0.25, 0.3) is 6.47 Å². The van der Waals surface area contributed by atoms with Crippen LogP contribution in [0.1, 0.15) is 0 Å². The molecule has 0 atom stereocenters. The van der Waals surface area contributed by atoms with E-state index in [1.807, 2.05) is 0 Å². The minimum absolute atomic E-state index is 0.250. The van der Waals surface area contributed by atoms with Gasteiger partial charge in [0.1, 0.15) is 0 Å². The Bertz CT molecular complexity index is 266. The predicted octanol–water partition coefficient (Wildman–Crippen LogP) is 2.28. The van der Waals surface area contributed by atoms with Gasteiger partial charge in [-0.3, -0.25) is 4.79 Å². The van der Waals surface area contributed by atoms with Gasteiger partial charge in [-0.15, -0.1) is 0 Å². The first-order valence-electron chi connectivity index (χ1n) is 2.90. The minimum Gasteiger partial charge on any atom is -0.483 e. The summed E-state index contributed by atoms with van der Waals surface area (Å²) in [5, 5.41) is 8.04. The second kappa shape index (κ2) is 5.69. The van der Waals surface area contributed by atoms with Crippen LogP contribution in [0.4, 0.5) is 5.69 Å². The molecule has 0 bridgehead atoms. The van der Waals surface area contributed by atoms with E-state index in [1.54, 1.807) is 18.2 Å². The fraction of sp³-hybridized carbons (Fsp3) is 0. The standard InChI is InChI=1S/C6H5Cl2N.CH2O2/c7-4-1-2-5(8)6(9)3-4;2-1-3/h1-3H,9H2;1H,(H,2,3). The maximum atomic E-state index is 8.36. The number of hydrogen-bond donors (Lipinski definition) is 2. The molecule has 0 heterocycles. The summed E-state index contributed by atoms with van der Waals surface area (Å²) in [7, 11) is 0. The summed E-state index contributed by atoms with van der Waals surface area (Å²) in [6.07, 6.45) is 0. The molecule has 0 saturated carbocycles. The zero-order valence-electron chi connectivity index (χ0n) is 6.00. The van der Waals surface area contributed by atoms with E-state index in [1.165, 1.54) is 0 Å². The molecular formula is C7H7Cl2NO2. The van der Waals surface area contributed by atoms with Crippen LogP contribution < -0.4 is 5.73 Å². The molecule has 0 radical (unpaired) electrons. The number of benzene rings is 1. The molecule has 0 saturated heterocycles. The molecule has 0 amide bonds. The molecule has 0 aliphatic carbocycles. The van der Waals surface area contributed by atoms with Crippen LogP contribution >= 0.6 is 23.2 Å². The normalized spacial score (nSPS) is 8.17. The summed E-state index contributed by atoms with van der Waals surface area (Å²) in [6, 6.07) is 4.98. The van der Waals surface area contributed by atoms with Crippen molar-refractivity contribution in [3.05, 3.63) is 28.2 Å². The Hall–Kier alpha value is -0.930. The molecule has 0 aliphatic rings. The molecule has 0 fully saturated rings. The molecule has 12 heavy (non-hydrogen) atoms. The summed E-state index contributed by atoms with van der Waals surface area (Å²) in [4.78, 5) is 8.36. The van der Waals surface area contributed by atoms with Crippen molar-refractivity contribution < 1.29 is 9.90 Å². The van der Waals surface area contributed by atoms with Crippen molar-refractivity contribution >= 4 is 35.4 Å². The second-order valence-electron chi connectivity index (χ2n) is 1.77. The van der Waals surface area contributed by atoms with Gasteiger partial charge in [-0.1, -0.05) is 23.2 Å². The Labute approximate surface area is 79.7 Å². The van der Waals surface area contributed by atoms with Gasteiger partial charge in [0.15, 0.2) is 0 Å². The average Bonchev–Trinajstić information content (AvgIpc) is 1.99. The van der Waals surface area contributed by atoms with Crippen LogP contribution in [-0.4, -0.2) is 11.6 Å². The van der Waals surface area contributed by atoms with Crippen molar-refractivity contribution in [3.8, 4) is 0 Å². The maximum absolute atomic E-state index is 8.36. The first-order valence-corrected chi connectivity index (χ1v) is 3.65. The first kappa shape index (κ1) is 11.1. The van der Waals surface area contributed by atoms with Gasteiger partial charge in [0, 0.05) is 5.02 Å². The predicted molar refractivity (Wildman–Crippen MR) is 49.6 cm³/mol. The van der Waals surface area contributed by atoms with E-state index in [2.05, 4.69) is 0 Å². The molecule has 1 aromatic carbocycles. The van der Waals surface area contributed by atoms with Gasteiger partial charge in [-0.05, 0) is 18.2 Å². The third-order valence-corrected chi connectivity index (χ3v) is 1.54. The molecule has 0 aliphatic heterocycles. The lowest BCUT2D eigenvalue weighted by atomic mass is 10.3. The van der Waals surface area contributed by atoms with Crippen LogP contribution in [0.5, 0.6) is 0 Å². The third-order valence-electron chi connectivity index (χ3n) is 0.958. The molecular weight excluding hydrogens is 201 g/mol. The SMILES string of the molecule is Nc1cc(Cl)ccc1Cl.O=CO. The van der Waals surface area contributed by atoms with Crippen molar-refractivity contribution in [2.75, 3.05) is 5.73 Å². The zero-order valence-corrected chi connectivity index (χ0v) is 7.51. The molecule has 0 unspecified atom stereocenters. The molecule has 1 aromatic rings. The molecule has 66 valence electrons. The van der Waals surface area contributed by atoms with E-state index < -0.39 is 0 Å². The number of nitrogens with two attached hydrogens (primary N) is 1. The fourth-order valence-corrected chi connectivity index (χ4v) is 0.813. The Kier molecular flexibility index (Phi) is 5.25. The van der Waals surface area contributed by atoms with Crippen molar-refractivity contribution in [1.82, 2.24) is 0 Å². The Balaban J connectivity index is 0.000000354. The van der Waals surface area contributed by atoms with E-state index in [0.717, 1.165) is 0 Å². The van der Waals surface area contributed by atoms with E-state index in [-0.39, 0.29) is 6.47 Å². The molecule has 3 nitrogen and oxygen atoms in total. The second-order valence-corrected chi connectivity index (χ2v) is 2.61. The summed E-state index contributed by atoms with van der Waals surface area (Å²) < 4.78 is 0. The summed E-state index contributed by atoms with van der Waals surface area (Å²) in [5.74, 6) is 0. The van der Waals surface area contributed by atoms with Crippen LogP contribution in [0, 0.1) is 0 Å². The van der Waals surface area contributed by atoms with Crippen LogP contribution in [0.15, 0.2) is 18.2 Å². The van der Waals surface area contributed by atoms with Crippen LogP contribution in [-0.2, 0) is 4.79 Å². The van der Waals surface area contributed by atoms with E-state index in [0.29, 0.717) is 15.7 Å². The van der Waals surface area contributed by atoms with Crippen molar-refractivity contribution in [3.63, 3.8) is 0 Å². The monoisotopic (exact) mass is 207 g/mol. The Morgan fingerprint density at radius 3 is 2.25 bits per heavy atom. The number of rotatable bonds is 0. The minimum atomic E-state index is -0.250. The van der Waals surface area contributed by atoms with Gasteiger partial charge in [0.05, 0.1) is 10.7 Å². The fourth-order valence-electron chi connectivity index (χ4n) is 0.515. The highest BCUT2D eigenvalue weighted by molar-refractivity contribution is 6.35. The lowest BCUT2D eigenvalue weighted by Crippen LogP contribution is -1.83. The van der Waals surface area contributed by atoms with E-state index in [4.69, 9.17) is 38.8 Å². The summed E-state index contributed by atoms with van der Waals surface area (Å²) >= 11 is 11.2. The van der Waals surface area contributed by atoms with Crippen LogP contribution in [0.25, 0.3) is 0 Å². The molecule has 5 heteroatoms. The average molecular weight is 208 g/mol. The van der Waals surface area contributed by atoms with Crippen LogP contribution in [0.2, 0.25) is 10.0 Å². The molecule has 3 N–H and O–H groups in total. The van der Waals surface area contributed by atoms with E-state index in [9.17, 15) is 0 Å². The van der Waals surface area contributed by atoms with Gasteiger partial charge >= 0.3 is 0 Å². The number of carbonyl (C=O) groups is 1. The van der Waals surface area contributed by atoms with Gasteiger partial charge in [0.2, 0.25) is 0 Å². The van der Waals surface area contributed by atoms with E-state index >= 15 is 0 Å². The highest BCUT2D eigenvalue weighted by Crippen LogP contribution is 2.21. The smallest absolute Gasteiger partial charge is 0.290 e. The number of nitrogen functional groups attached to an aromatic ring is 1. The largest absolute Gasteiger partial charge is 0.483 e. The lowest BCUT2D eigenvalue weighted by molar-refractivity contribution is -0.122. The molecule has 1 rings (SSSR count). The highest BCUT2D eigenvalue weighted by Gasteiger charge is 1.93. The van der Waals surface area contributed by atoms with Gasteiger partial charge in [-0.25, -0.2) is 0 Å². The Morgan fingerprint density at radius 1 is 1.42 bits per heavy atom. The number of anilines is 1. The first-order chi connectivity index (χ1) is 5.61. The number of carboxylic acid groups (broad SMARTS) is 1. The summed E-state index contributed by atoms with van der Waals surface area (Å²) in [5.41, 5.74) is 5.92. The van der Waals surface area contributed by atoms with Crippen molar-refractivity contribution in [1.29, 1.82) is 0 Å². The molecule has 0 aromatic heterocycles. The van der Waals surface area contributed by atoms with Crippen LogP contribution in [0.3, 0.4) is 0 Å². The quantitative estimate of drug-likeness (QED) is 0.507. The topological polar surface area (TPSA) is 63.3 Å². The zero-order chi connectivity index (χ0) is 9.56. The Morgan fingerprint density at radius 2 is 1.92 bits per heavy atom. The molecule has 0 spiro atoms. The van der Waals surface area contributed by atoms with Crippen molar-refractivity contribution in [2.24, 2.45) is 0 Å². The van der Waals surface area contributed by atoms with Crippen molar-refractivity contribution in [2.45, 2.75) is 0 Å². The third kappa shape index (κ3) is 4.05. The number of hydrogen-bond acceptors (Lipinski definition) is 2.